The van der Waals surface area contributed by atoms with Gasteiger partial charge in [0.1, 0.15) is 10.3 Å². The number of aryl methyl sites for hydroxylation is 1. The summed E-state index contributed by atoms with van der Waals surface area (Å²) in [7, 11) is 0. The maximum Gasteiger partial charge on any atom is 0.143 e. The summed E-state index contributed by atoms with van der Waals surface area (Å²) in [6.07, 6.45) is 0. The van der Waals surface area contributed by atoms with E-state index in [-0.39, 0.29) is 0 Å². The molecule has 0 fully saturated rings. The summed E-state index contributed by atoms with van der Waals surface area (Å²) in [6.45, 7) is 2.11. The van der Waals surface area contributed by atoms with E-state index in [9.17, 15) is 0 Å². The third-order valence-electron chi connectivity index (χ3n) is 8.94. The number of aromatic nitrogens is 2. The molecule has 2 nitrogen and oxygen atoms in total. The third-order valence-corrected chi connectivity index (χ3v) is 11.2. The quantitative estimate of drug-likeness (QED) is 0.180. The van der Waals surface area contributed by atoms with Gasteiger partial charge < -0.3 is 0 Å². The normalized spacial score (nSPS) is 12.3. The lowest BCUT2D eigenvalue weighted by atomic mass is 9.89. The molecule has 0 saturated heterocycles. The van der Waals surface area contributed by atoms with Crippen molar-refractivity contribution in [3.63, 3.8) is 0 Å². The van der Waals surface area contributed by atoms with Crippen molar-refractivity contribution in [1.82, 2.24) is 9.97 Å². The van der Waals surface area contributed by atoms with Gasteiger partial charge in [0.25, 0.3) is 0 Å². The molecule has 3 aromatic heterocycles. The molecule has 0 aliphatic carbocycles. The molecule has 7 aromatic carbocycles. The fourth-order valence-electron chi connectivity index (χ4n) is 7.05. The smallest absolute Gasteiger partial charge is 0.143 e. The maximum absolute atomic E-state index is 5.43. The summed E-state index contributed by atoms with van der Waals surface area (Å²) >= 11 is 3.63. The molecular weight excluding hydrogens is 561 g/mol. The summed E-state index contributed by atoms with van der Waals surface area (Å²) in [5, 5.41) is 14.0. The zero-order valence-corrected chi connectivity index (χ0v) is 24.8. The monoisotopic (exact) mass is 582 g/mol. The summed E-state index contributed by atoms with van der Waals surface area (Å²) < 4.78 is 3.85. The van der Waals surface area contributed by atoms with Crippen LogP contribution in [0.15, 0.2) is 115 Å². The summed E-state index contributed by atoms with van der Waals surface area (Å²) in [6, 6.07) is 42.1. The molecule has 0 radical (unpaired) electrons. The minimum Gasteiger partial charge on any atom is -0.243 e. The molecule has 10 aromatic rings. The van der Waals surface area contributed by atoms with Crippen LogP contribution in [0.4, 0.5) is 0 Å². The van der Waals surface area contributed by atoms with Gasteiger partial charge in [-0.05, 0) is 68.9 Å². The molecule has 0 spiro atoms. The summed E-state index contributed by atoms with van der Waals surface area (Å²) in [5.74, 6) is 0. The Morgan fingerprint density at radius 1 is 0.488 bits per heavy atom. The van der Waals surface area contributed by atoms with Gasteiger partial charge in [0.2, 0.25) is 0 Å². The van der Waals surface area contributed by atoms with Gasteiger partial charge in [-0.1, -0.05) is 91.0 Å². The van der Waals surface area contributed by atoms with Gasteiger partial charge >= 0.3 is 0 Å². The Hall–Kier alpha value is -4.90. The summed E-state index contributed by atoms with van der Waals surface area (Å²) in [5.41, 5.74) is 4.07. The van der Waals surface area contributed by atoms with E-state index in [2.05, 4.69) is 122 Å². The van der Waals surface area contributed by atoms with E-state index in [4.69, 9.17) is 9.97 Å². The molecular formula is C39H22N2S2. The number of rotatable bonds is 1. The van der Waals surface area contributed by atoms with Crippen molar-refractivity contribution in [2.75, 3.05) is 0 Å². The predicted octanol–water partition coefficient (Wildman–Crippen LogP) is 11.8. The molecule has 200 valence electrons. The maximum atomic E-state index is 5.43. The SMILES string of the molecule is Cc1nc2sc3ccccc3c2nc1-c1cc2ccccc2c2c3ccccc3c3c4cc5ccccc5cc4sc3c12. The van der Waals surface area contributed by atoms with Crippen LogP contribution >= 0.6 is 22.7 Å². The Bertz CT molecular complexity index is 2800. The van der Waals surface area contributed by atoms with E-state index in [0.717, 1.165) is 27.3 Å². The van der Waals surface area contributed by atoms with E-state index < -0.39 is 0 Å². The number of hydrogen-bond acceptors (Lipinski definition) is 4. The zero-order chi connectivity index (χ0) is 28.2. The van der Waals surface area contributed by atoms with E-state index in [1.165, 1.54) is 73.3 Å². The van der Waals surface area contributed by atoms with Crippen LogP contribution < -0.4 is 0 Å². The van der Waals surface area contributed by atoms with Crippen molar-refractivity contribution in [2.45, 2.75) is 6.92 Å². The lowest BCUT2D eigenvalue weighted by Crippen LogP contribution is -1.95. The van der Waals surface area contributed by atoms with Gasteiger partial charge in [-0.2, -0.15) is 0 Å². The molecule has 0 aliphatic heterocycles. The van der Waals surface area contributed by atoms with Gasteiger partial charge in [-0.3, -0.25) is 0 Å². The molecule has 0 N–H and O–H groups in total. The zero-order valence-electron chi connectivity index (χ0n) is 23.2. The molecule has 0 bridgehead atoms. The van der Waals surface area contributed by atoms with Crippen molar-refractivity contribution in [3.8, 4) is 11.3 Å². The second kappa shape index (κ2) is 8.57. The molecule has 4 heteroatoms. The Morgan fingerprint density at radius 2 is 1.14 bits per heavy atom. The largest absolute Gasteiger partial charge is 0.243 e. The minimum absolute atomic E-state index is 0.962. The number of nitrogens with zero attached hydrogens (tertiary/aromatic N) is 2. The highest BCUT2D eigenvalue weighted by Gasteiger charge is 2.22. The first-order valence-electron chi connectivity index (χ1n) is 14.5. The first-order valence-corrected chi connectivity index (χ1v) is 16.1. The first-order chi connectivity index (χ1) is 21.2. The highest BCUT2D eigenvalue weighted by atomic mass is 32.1. The second-order valence-corrected chi connectivity index (χ2v) is 13.4. The van der Waals surface area contributed by atoms with Crippen LogP contribution in [0, 0.1) is 6.92 Å². The van der Waals surface area contributed by atoms with Gasteiger partial charge in [-0.15, -0.1) is 22.7 Å². The first kappa shape index (κ1) is 23.6. The molecule has 0 atom stereocenters. The molecule has 43 heavy (non-hydrogen) atoms. The number of hydrogen-bond donors (Lipinski definition) is 0. The van der Waals surface area contributed by atoms with Crippen LogP contribution in [-0.4, -0.2) is 9.97 Å². The Morgan fingerprint density at radius 3 is 1.95 bits per heavy atom. The van der Waals surface area contributed by atoms with Gasteiger partial charge in [0, 0.05) is 41.2 Å². The van der Waals surface area contributed by atoms with Crippen LogP contribution in [-0.2, 0) is 0 Å². The van der Waals surface area contributed by atoms with Gasteiger partial charge in [-0.25, -0.2) is 9.97 Å². The van der Waals surface area contributed by atoms with Crippen LogP contribution in [0.25, 0.3) is 95.0 Å². The molecule has 0 amide bonds. The lowest BCUT2D eigenvalue weighted by Gasteiger charge is -2.16. The Balaban J connectivity index is 1.47. The molecule has 10 rings (SSSR count). The standard InChI is InChI=1S/C39H22N2S2/c1-21-36(41-37-28-16-8-9-17-31(28)43-39(37)40-21)30-19-24-12-4-5-13-25(24)33-26-14-6-7-15-27(26)34-29-18-22-10-2-3-11-23(22)20-32(29)42-38(34)35(30)33/h2-20H,1H3. The van der Waals surface area contributed by atoms with Crippen LogP contribution in [0.3, 0.4) is 0 Å². The summed E-state index contributed by atoms with van der Waals surface area (Å²) in [4.78, 5) is 11.6. The minimum atomic E-state index is 0.962. The molecule has 3 heterocycles. The predicted molar refractivity (Wildman–Crippen MR) is 188 cm³/mol. The van der Waals surface area contributed by atoms with Crippen molar-refractivity contribution < 1.29 is 0 Å². The molecule has 0 aliphatic rings. The van der Waals surface area contributed by atoms with E-state index >= 15 is 0 Å². The van der Waals surface area contributed by atoms with Crippen LogP contribution in [0.5, 0.6) is 0 Å². The molecule has 0 unspecified atom stereocenters. The lowest BCUT2D eigenvalue weighted by molar-refractivity contribution is 1.21. The van der Waals surface area contributed by atoms with Crippen LogP contribution in [0.2, 0.25) is 0 Å². The average molecular weight is 583 g/mol. The Kier molecular flexibility index (Phi) is 4.71. The fourth-order valence-corrected chi connectivity index (χ4v) is 9.43. The highest BCUT2D eigenvalue weighted by molar-refractivity contribution is 7.27. The van der Waals surface area contributed by atoms with Crippen molar-refractivity contribution >= 4 is 106 Å². The number of fused-ring (bicyclic) bond motifs is 14. The number of benzene rings is 7. The van der Waals surface area contributed by atoms with Crippen LogP contribution in [0.1, 0.15) is 5.69 Å². The third kappa shape index (κ3) is 3.22. The van der Waals surface area contributed by atoms with Crippen molar-refractivity contribution in [2.24, 2.45) is 0 Å². The van der Waals surface area contributed by atoms with Crippen molar-refractivity contribution in [1.29, 1.82) is 0 Å². The average Bonchev–Trinajstić information content (AvgIpc) is 3.60. The highest BCUT2D eigenvalue weighted by Crippen LogP contribution is 2.50. The topological polar surface area (TPSA) is 25.8 Å². The molecule has 0 saturated carbocycles. The van der Waals surface area contributed by atoms with E-state index in [0.29, 0.717) is 0 Å². The Labute approximate surface area is 254 Å². The second-order valence-electron chi connectivity index (χ2n) is 11.4. The fraction of sp³-hybridized carbons (Fsp3) is 0.0256. The van der Waals surface area contributed by atoms with Gasteiger partial charge in [0.15, 0.2) is 0 Å². The van der Waals surface area contributed by atoms with Crippen molar-refractivity contribution in [3.05, 3.63) is 121 Å². The van der Waals surface area contributed by atoms with E-state index in [1.807, 2.05) is 11.3 Å². The number of thiophene rings is 2. The van der Waals surface area contributed by atoms with E-state index in [1.54, 1.807) is 11.3 Å². The van der Waals surface area contributed by atoms with Gasteiger partial charge in [0.05, 0.1) is 11.4 Å².